The molecule has 0 amide bonds. The lowest BCUT2D eigenvalue weighted by atomic mass is 10.2. The lowest BCUT2D eigenvalue weighted by molar-refractivity contribution is 0.228. The summed E-state index contributed by atoms with van der Waals surface area (Å²) in [5.41, 5.74) is 0.809. The van der Waals surface area contributed by atoms with E-state index in [1.165, 1.54) is 12.1 Å². The molecule has 1 N–H and O–H groups in total. The van der Waals surface area contributed by atoms with E-state index in [0.29, 0.717) is 17.9 Å². The number of hydrogen-bond acceptors (Lipinski definition) is 2. The van der Waals surface area contributed by atoms with Gasteiger partial charge in [-0.15, -0.1) is 0 Å². The van der Waals surface area contributed by atoms with Crippen molar-refractivity contribution in [2.75, 3.05) is 0 Å². The minimum Gasteiger partial charge on any atom is -0.457 e. The second-order valence-electron chi connectivity index (χ2n) is 4.27. The van der Waals surface area contributed by atoms with Gasteiger partial charge in [-0.3, -0.25) is 0 Å². The van der Waals surface area contributed by atoms with Gasteiger partial charge in [0.1, 0.15) is 23.4 Å². The molecule has 0 aliphatic heterocycles. The highest BCUT2D eigenvalue weighted by Gasteiger charge is 1.98. The minimum atomic E-state index is -0.592. The molecule has 2 rings (SSSR count). The quantitative estimate of drug-likeness (QED) is 0.861. The van der Waals surface area contributed by atoms with E-state index in [4.69, 9.17) is 4.74 Å². The van der Waals surface area contributed by atoms with Crippen LogP contribution in [0.2, 0.25) is 0 Å². The van der Waals surface area contributed by atoms with Crippen molar-refractivity contribution in [3.63, 3.8) is 0 Å². The molecule has 0 aliphatic rings. The molecule has 1 atom stereocenters. The Morgan fingerprint density at radius 3 is 2.15 bits per heavy atom. The summed E-state index contributed by atoms with van der Waals surface area (Å²) >= 11 is 0. The fourth-order valence-corrected chi connectivity index (χ4v) is 1.51. The molecule has 0 radical (unpaired) electrons. The summed E-state index contributed by atoms with van der Waals surface area (Å²) in [4.78, 5) is 0. The third-order valence-electron chi connectivity index (χ3n) is 2.67. The molecule has 0 aromatic heterocycles. The lowest BCUT2D eigenvalue weighted by Gasteiger charge is -2.05. The van der Waals surface area contributed by atoms with E-state index in [1.54, 1.807) is 24.3 Å². The van der Waals surface area contributed by atoms with Crippen LogP contribution in [0.1, 0.15) is 18.9 Å². The van der Waals surface area contributed by atoms with Crippen LogP contribution in [0, 0.1) is 17.7 Å². The fraction of sp³-hybridized carbons (Fsp3) is 0.176. The summed E-state index contributed by atoms with van der Waals surface area (Å²) in [5.74, 6) is 6.57. The van der Waals surface area contributed by atoms with Crippen molar-refractivity contribution in [1.82, 2.24) is 0 Å². The highest BCUT2D eigenvalue weighted by atomic mass is 19.1. The maximum atomic E-state index is 12.8. The summed E-state index contributed by atoms with van der Waals surface area (Å²) in [7, 11) is 0. The molecule has 0 bridgehead atoms. The zero-order chi connectivity index (χ0) is 14.4. The summed E-state index contributed by atoms with van der Waals surface area (Å²) in [6.07, 6.45) is 0.0174. The van der Waals surface area contributed by atoms with Crippen molar-refractivity contribution in [3.05, 3.63) is 59.9 Å². The van der Waals surface area contributed by atoms with Gasteiger partial charge < -0.3 is 9.84 Å². The predicted octanol–water partition coefficient (Wildman–Crippen LogP) is 3.74. The first-order valence-electron chi connectivity index (χ1n) is 6.40. The molecule has 102 valence electrons. The molecule has 0 heterocycles. The first-order valence-corrected chi connectivity index (χ1v) is 6.40. The highest BCUT2D eigenvalue weighted by molar-refractivity contribution is 5.40. The Hall–Kier alpha value is -2.31. The Kier molecular flexibility index (Phi) is 4.75. The van der Waals surface area contributed by atoms with Crippen molar-refractivity contribution in [1.29, 1.82) is 0 Å². The van der Waals surface area contributed by atoms with Gasteiger partial charge in [0.25, 0.3) is 0 Å². The standard InChI is InChI=1S/C17H15FO2/c1-2-15(19)8-3-13-4-9-16(10-5-13)20-17-11-6-14(18)7-12-17/h4-7,9-12,15,19H,2H2,1H3. The lowest BCUT2D eigenvalue weighted by Crippen LogP contribution is -1.98. The largest absolute Gasteiger partial charge is 0.457 e. The van der Waals surface area contributed by atoms with Crippen LogP contribution in [-0.4, -0.2) is 11.2 Å². The van der Waals surface area contributed by atoms with Crippen molar-refractivity contribution < 1.29 is 14.2 Å². The summed E-state index contributed by atoms with van der Waals surface area (Å²) in [6.45, 7) is 1.87. The first kappa shape index (κ1) is 14.1. The molecule has 2 aromatic rings. The Bertz CT molecular complexity index is 606. The van der Waals surface area contributed by atoms with Crippen LogP contribution in [-0.2, 0) is 0 Å². The van der Waals surface area contributed by atoms with Crippen LogP contribution in [0.3, 0.4) is 0 Å². The van der Waals surface area contributed by atoms with E-state index in [2.05, 4.69) is 11.8 Å². The van der Waals surface area contributed by atoms with Crippen LogP contribution in [0.15, 0.2) is 48.5 Å². The molecule has 0 saturated heterocycles. The SMILES string of the molecule is CCC(O)C#Cc1ccc(Oc2ccc(F)cc2)cc1. The summed E-state index contributed by atoms with van der Waals surface area (Å²) < 4.78 is 18.3. The van der Waals surface area contributed by atoms with Crippen molar-refractivity contribution in [3.8, 4) is 23.3 Å². The molecule has 0 spiro atoms. The average Bonchev–Trinajstić information content (AvgIpc) is 2.48. The maximum absolute atomic E-state index is 12.8. The molecule has 0 saturated carbocycles. The van der Waals surface area contributed by atoms with Gasteiger partial charge in [-0.25, -0.2) is 4.39 Å². The summed E-state index contributed by atoms with van der Waals surface area (Å²) in [6, 6.07) is 13.0. The van der Waals surface area contributed by atoms with E-state index in [0.717, 1.165) is 5.56 Å². The molecular weight excluding hydrogens is 255 g/mol. The van der Waals surface area contributed by atoms with E-state index in [-0.39, 0.29) is 5.82 Å². The highest BCUT2D eigenvalue weighted by Crippen LogP contribution is 2.21. The van der Waals surface area contributed by atoms with E-state index in [9.17, 15) is 9.50 Å². The van der Waals surface area contributed by atoms with Gasteiger partial charge in [0.05, 0.1) is 0 Å². The minimum absolute atomic E-state index is 0.294. The zero-order valence-corrected chi connectivity index (χ0v) is 11.1. The van der Waals surface area contributed by atoms with Gasteiger partial charge in [0.15, 0.2) is 0 Å². The van der Waals surface area contributed by atoms with Crippen molar-refractivity contribution in [2.45, 2.75) is 19.4 Å². The molecule has 0 aliphatic carbocycles. The smallest absolute Gasteiger partial charge is 0.127 e. The van der Waals surface area contributed by atoms with Crippen LogP contribution in [0.25, 0.3) is 0 Å². The Morgan fingerprint density at radius 2 is 1.60 bits per heavy atom. The van der Waals surface area contributed by atoms with Crippen molar-refractivity contribution in [2.24, 2.45) is 0 Å². The van der Waals surface area contributed by atoms with Crippen LogP contribution < -0.4 is 4.74 Å². The number of aliphatic hydroxyl groups excluding tert-OH is 1. The van der Waals surface area contributed by atoms with Gasteiger partial charge >= 0.3 is 0 Å². The second-order valence-corrected chi connectivity index (χ2v) is 4.27. The number of ether oxygens (including phenoxy) is 1. The van der Waals surface area contributed by atoms with Gasteiger partial charge in [-0.1, -0.05) is 18.8 Å². The zero-order valence-electron chi connectivity index (χ0n) is 11.1. The molecule has 0 fully saturated rings. The fourth-order valence-electron chi connectivity index (χ4n) is 1.51. The predicted molar refractivity (Wildman–Crippen MR) is 76.1 cm³/mol. The normalized spacial score (nSPS) is 11.3. The van der Waals surface area contributed by atoms with E-state index < -0.39 is 6.10 Å². The van der Waals surface area contributed by atoms with Gasteiger partial charge in [-0.2, -0.15) is 0 Å². The average molecular weight is 270 g/mol. The monoisotopic (exact) mass is 270 g/mol. The van der Waals surface area contributed by atoms with Gasteiger partial charge in [-0.05, 0) is 55.0 Å². The number of benzene rings is 2. The Balaban J connectivity index is 2.04. The van der Waals surface area contributed by atoms with Gasteiger partial charge in [0.2, 0.25) is 0 Å². The van der Waals surface area contributed by atoms with Crippen LogP contribution >= 0.6 is 0 Å². The second kappa shape index (κ2) is 6.74. The molecule has 2 aromatic carbocycles. The topological polar surface area (TPSA) is 29.5 Å². The molecule has 1 unspecified atom stereocenters. The molecular formula is C17H15FO2. The summed E-state index contributed by atoms with van der Waals surface area (Å²) in [5, 5.41) is 9.36. The van der Waals surface area contributed by atoms with Crippen LogP contribution in [0.5, 0.6) is 11.5 Å². The molecule has 3 heteroatoms. The molecule has 2 nitrogen and oxygen atoms in total. The first-order chi connectivity index (χ1) is 9.67. The molecule has 20 heavy (non-hydrogen) atoms. The van der Waals surface area contributed by atoms with Gasteiger partial charge in [0, 0.05) is 5.56 Å². The third-order valence-corrected chi connectivity index (χ3v) is 2.67. The number of halogens is 1. The Labute approximate surface area is 117 Å². The number of aliphatic hydroxyl groups is 1. The van der Waals surface area contributed by atoms with Crippen LogP contribution in [0.4, 0.5) is 4.39 Å². The van der Waals surface area contributed by atoms with Crippen molar-refractivity contribution >= 4 is 0 Å². The number of hydrogen-bond donors (Lipinski definition) is 1. The number of rotatable bonds is 3. The van der Waals surface area contributed by atoms with E-state index in [1.807, 2.05) is 19.1 Å². The maximum Gasteiger partial charge on any atom is 0.127 e. The third kappa shape index (κ3) is 4.11. The Morgan fingerprint density at radius 1 is 1.05 bits per heavy atom. The van der Waals surface area contributed by atoms with E-state index >= 15 is 0 Å².